The van der Waals surface area contributed by atoms with Crippen molar-refractivity contribution in [2.75, 3.05) is 13.2 Å². The van der Waals surface area contributed by atoms with Gasteiger partial charge in [0.05, 0.1) is 13.2 Å². The van der Waals surface area contributed by atoms with Gasteiger partial charge in [0.2, 0.25) is 0 Å². The SMILES string of the molecule is CCOC(=O)[C@@H](C)N[C@H](C)C(=O)OCC. The molecule has 0 aliphatic rings. The zero-order valence-electron chi connectivity index (χ0n) is 9.70. The highest BCUT2D eigenvalue weighted by atomic mass is 16.5. The van der Waals surface area contributed by atoms with E-state index in [-0.39, 0.29) is 11.9 Å². The number of carbonyl (C=O) groups excluding carboxylic acids is 2. The van der Waals surface area contributed by atoms with Gasteiger partial charge in [0.1, 0.15) is 12.1 Å². The van der Waals surface area contributed by atoms with Crippen LogP contribution in [0.15, 0.2) is 0 Å². The zero-order chi connectivity index (χ0) is 11.8. The number of nitrogens with one attached hydrogen (secondary N) is 1. The van der Waals surface area contributed by atoms with Gasteiger partial charge >= 0.3 is 11.9 Å². The molecule has 0 aromatic carbocycles. The van der Waals surface area contributed by atoms with Gasteiger partial charge in [-0.3, -0.25) is 14.9 Å². The highest BCUT2D eigenvalue weighted by molar-refractivity contribution is 5.79. The molecule has 5 nitrogen and oxygen atoms in total. The molecule has 0 bridgehead atoms. The number of hydrogen-bond acceptors (Lipinski definition) is 5. The Balaban J connectivity index is 3.99. The lowest BCUT2D eigenvalue weighted by Gasteiger charge is -2.17. The van der Waals surface area contributed by atoms with Gasteiger partial charge in [-0.1, -0.05) is 0 Å². The standard InChI is InChI=1S/C10H19NO4/c1-5-14-9(12)7(3)11-8(4)10(13)15-6-2/h7-8,11H,5-6H2,1-4H3/t7-,8-/m1/s1. The Bertz CT molecular complexity index is 195. The fourth-order valence-electron chi connectivity index (χ4n) is 1.05. The van der Waals surface area contributed by atoms with E-state index >= 15 is 0 Å². The summed E-state index contributed by atoms with van der Waals surface area (Å²) in [5, 5.41) is 2.80. The van der Waals surface area contributed by atoms with E-state index in [0.717, 1.165) is 0 Å². The summed E-state index contributed by atoms with van der Waals surface area (Å²) in [7, 11) is 0. The van der Waals surface area contributed by atoms with E-state index in [0.29, 0.717) is 13.2 Å². The van der Waals surface area contributed by atoms with Crippen LogP contribution in [0, 0.1) is 0 Å². The number of ether oxygens (including phenoxy) is 2. The molecule has 5 heteroatoms. The number of carbonyl (C=O) groups is 2. The third-order valence-electron chi connectivity index (χ3n) is 1.78. The van der Waals surface area contributed by atoms with E-state index in [9.17, 15) is 9.59 Å². The van der Waals surface area contributed by atoms with Gasteiger partial charge in [0.25, 0.3) is 0 Å². The zero-order valence-corrected chi connectivity index (χ0v) is 9.70. The van der Waals surface area contributed by atoms with Crippen LogP contribution in [-0.2, 0) is 19.1 Å². The molecule has 0 spiro atoms. The molecular weight excluding hydrogens is 198 g/mol. The Hall–Kier alpha value is -1.10. The lowest BCUT2D eigenvalue weighted by atomic mass is 10.2. The van der Waals surface area contributed by atoms with Gasteiger partial charge in [0, 0.05) is 0 Å². The van der Waals surface area contributed by atoms with Crippen LogP contribution in [-0.4, -0.2) is 37.2 Å². The van der Waals surface area contributed by atoms with Crippen LogP contribution in [0.3, 0.4) is 0 Å². The summed E-state index contributed by atoms with van der Waals surface area (Å²) in [6.07, 6.45) is 0. The summed E-state index contributed by atoms with van der Waals surface area (Å²) in [6.45, 7) is 7.43. The van der Waals surface area contributed by atoms with Crippen molar-refractivity contribution in [1.82, 2.24) is 5.32 Å². The van der Waals surface area contributed by atoms with Gasteiger partial charge in [0.15, 0.2) is 0 Å². The Labute approximate surface area is 90.1 Å². The van der Waals surface area contributed by atoms with E-state index in [1.165, 1.54) is 0 Å². The molecule has 0 aliphatic heterocycles. The molecule has 88 valence electrons. The molecule has 15 heavy (non-hydrogen) atoms. The molecule has 0 rings (SSSR count). The van der Waals surface area contributed by atoms with E-state index in [2.05, 4.69) is 5.32 Å². The van der Waals surface area contributed by atoms with Gasteiger partial charge in [-0.15, -0.1) is 0 Å². The largest absolute Gasteiger partial charge is 0.465 e. The second-order valence-electron chi connectivity index (χ2n) is 3.11. The van der Waals surface area contributed by atoms with E-state index in [1.807, 2.05) is 0 Å². The highest BCUT2D eigenvalue weighted by Crippen LogP contribution is 1.94. The summed E-state index contributed by atoms with van der Waals surface area (Å²) in [5.74, 6) is -0.734. The molecule has 0 heterocycles. The second kappa shape index (κ2) is 7.23. The lowest BCUT2D eigenvalue weighted by Crippen LogP contribution is -2.45. The Kier molecular flexibility index (Phi) is 6.70. The van der Waals surface area contributed by atoms with Crippen molar-refractivity contribution in [2.45, 2.75) is 39.8 Å². The average Bonchev–Trinajstić information content (AvgIpc) is 2.18. The van der Waals surface area contributed by atoms with Crippen molar-refractivity contribution in [2.24, 2.45) is 0 Å². The fraction of sp³-hybridized carbons (Fsp3) is 0.800. The highest BCUT2D eigenvalue weighted by Gasteiger charge is 2.21. The molecule has 0 aliphatic carbocycles. The summed E-state index contributed by atoms with van der Waals surface area (Å²) in [6, 6.07) is -1.02. The Morgan fingerprint density at radius 1 is 1.00 bits per heavy atom. The maximum atomic E-state index is 11.2. The fourth-order valence-corrected chi connectivity index (χ4v) is 1.05. The van der Waals surface area contributed by atoms with Crippen molar-refractivity contribution in [1.29, 1.82) is 0 Å². The van der Waals surface area contributed by atoms with Crippen molar-refractivity contribution in [3.05, 3.63) is 0 Å². The molecule has 0 saturated carbocycles. The molecule has 0 amide bonds. The third kappa shape index (κ3) is 5.37. The van der Waals surface area contributed by atoms with Crippen LogP contribution in [0.4, 0.5) is 0 Å². The molecule has 0 aromatic rings. The quantitative estimate of drug-likeness (QED) is 0.655. The minimum absolute atomic E-state index is 0.332. The predicted molar refractivity (Wildman–Crippen MR) is 55.3 cm³/mol. The van der Waals surface area contributed by atoms with E-state index in [1.54, 1.807) is 27.7 Å². The maximum Gasteiger partial charge on any atom is 0.322 e. The van der Waals surface area contributed by atoms with Crippen LogP contribution < -0.4 is 5.32 Å². The first-order valence-corrected chi connectivity index (χ1v) is 5.12. The van der Waals surface area contributed by atoms with Crippen molar-refractivity contribution in [3.63, 3.8) is 0 Å². The summed E-state index contributed by atoms with van der Waals surface area (Å²) >= 11 is 0. The maximum absolute atomic E-state index is 11.2. The Morgan fingerprint density at radius 2 is 1.33 bits per heavy atom. The monoisotopic (exact) mass is 217 g/mol. The van der Waals surface area contributed by atoms with Crippen LogP contribution >= 0.6 is 0 Å². The van der Waals surface area contributed by atoms with Gasteiger partial charge < -0.3 is 9.47 Å². The van der Waals surface area contributed by atoms with Gasteiger partial charge in [-0.2, -0.15) is 0 Å². The molecule has 0 unspecified atom stereocenters. The third-order valence-corrected chi connectivity index (χ3v) is 1.78. The van der Waals surface area contributed by atoms with E-state index < -0.39 is 12.1 Å². The summed E-state index contributed by atoms with van der Waals surface area (Å²) in [5.41, 5.74) is 0. The van der Waals surface area contributed by atoms with Crippen molar-refractivity contribution in [3.8, 4) is 0 Å². The molecule has 0 saturated heterocycles. The topological polar surface area (TPSA) is 64.6 Å². The van der Waals surface area contributed by atoms with Crippen LogP contribution in [0.2, 0.25) is 0 Å². The van der Waals surface area contributed by atoms with Gasteiger partial charge in [-0.25, -0.2) is 0 Å². The Morgan fingerprint density at radius 3 is 1.60 bits per heavy atom. The minimum atomic E-state index is -0.510. The lowest BCUT2D eigenvalue weighted by molar-refractivity contribution is -0.148. The first-order chi connectivity index (χ1) is 7.02. The molecule has 0 radical (unpaired) electrons. The second-order valence-corrected chi connectivity index (χ2v) is 3.11. The first-order valence-electron chi connectivity index (χ1n) is 5.12. The smallest absolute Gasteiger partial charge is 0.322 e. The first kappa shape index (κ1) is 13.9. The van der Waals surface area contributed by atoms with Crippen LogP contribution in [0.25, 0.3) is 0 Å². The normalized spacial score (nSPS) is 14.1. The average molecular weight is 217 g/mol. The van der Waals surface area contributed by atoms with Crippen molar-refractivity contribution >= 4 is 11.9 Å². The minimum Gasteiger partial charge on any atom is -0.465 e. The number of rotatable bonds is 6. The number of esters is 2. The summed E-state index contributed by atoms with van der Waals surface area (Å²) in [4.78, 5) is 22.4. The van der Waals surface area contributed by atoms with Crippen LogP contribution in [0.5, 0.6) is 0 Å². The van der Waals surface area contributed by atoms with Crippen LogP contribution in [0.1, 0.15) is 27.7 Å². The summed E-state index contributed by atoms with van der Waals surface area (Å²) < 4.78 is 9.58. The molecule has 2 atom stereocenters. The van der Waals surface area contributed by atoms with Gasteiger partial charge in [-0.05, 0) is 27.7 Å². The van der Waals surface area contributed by atoms with Crippen molar-refractivity contribution < 1.29 is 19.1 Å². The molecule has 0 aromatic heterocycles. The number of hydrogen-bond donors (Lipinski definition) is 1. The molecular formula is C10H19NO4. The molecule has 0 fully saturated rings. The van der Waals surface area contributed by atoms with E-state index in [4.69, 9.17) is 9.47 Å². The molecule has 1 N–H and O–H groups in total. The predicted octanol–water partition coefficient (Wildman–Crippen LogP) is 0.479.